The van der Waals surface area contributed by atoms with Gasteiger partial charge >= 0.3 is 0 Å². The van der Waals surface area contributed by atoms with E-state index in [1.54, 1.807) is 55.1 Å². The van der Waals surface area contributed by atoms with E-state index in [0.717, 1.165) is 0 Å². The Labute approximate surface area is 159 Å². The van der Waals surface area contributed by atoms with Gasteiger partial charge < -0.3 is 9.73 Å². The minimum absolute atomic E-state index is 0.310. The fourth-order valence-corrected chi connectivity index (χ4v) is 2.61. The SMILES string of the molecule is O=C(c1ccc(Cl)cc1)n1nc(-c2cccnc2)nc1NCc1ccco1. The number of nitrogens with zero attached hydrogens (tertiary/aromatic N) is 4. The molecule has 0 aliphatic heterocycles. The summed E-state index contributed by atoms with van der Waals surface area (Å²) in [5, 5.41) is 8.02. The molecule has 4 aromatic rings. The van der Waals surface area contributed by atoms with Crippen LogP contribution in [0.25, 0.3) is 11.4 Å². The summed E-state index contributed by atoms with van der Waals surface area (Å²) in [6, 6.07) is 13.8. The van der Waals surface area contributed by atoms with Crippen LogP contribution in [0.5, 0.6) is 0 Å². The van der Waals surface area contributed by atoms with Gasteiger partial charge in [0.05, 0.1) is 12.8 Å². The molecule has 0 amide bonds. The highest BCUT2D eigenvalue weighted by molar-refractivity contribution is 6.30. The van der Waals surface area contributed by atoms with Gasteiger partial charge in [0, 0.05) is 28.5 Å². The average molecular weight is 380 g/mol. The normalized spacial score (nSPS) is 10.7. The summed E-state index contributed by atoms with van der Waals surface area (Å²) in [6.45, 7) is 0.367. The lowest BCUT2D eigenvalue weighted by molar-refractivity contribution is 0.0947. The smallest absolute Gasteiger partial charge is 0.281 e. The minimum Gasteiger partial charge on any atom is -0.467 e. The van der Waals surface area contributed by atoms with Crippen LogP contribution in [0.15, 0.2) is 71.6 Å². The fraction of sp³-hybridized carbons (Fsp3) is 0.0526. The van der Waals surface area contributed by atoms with Crippen LogP contribution >= 0.6 is 11.6 Å². The van der Waals surface area contributed by atoms with Gasteiger partial charge in [-0.2, -0.15) is 9.67 Å². The van der Waals surface area contributed by atoms with Crippen molar-refractivity contribution in [1.29, 1.82) is 0 Å². The molecule has 4 rings (SSSR count). The Morgan fingerprint density at radius 2 is 2.00 bits per heavy atom. The summed E-state index contributed by atoms with van der Waals surface area (Å²) >= 11 is 5.91. The zero-order valence-corrected chi connectivity index (χ0v) is 14.8. The topological polar surface area (TPSA) is 85.8 Å². The molecule has 1 N–H and O–H groups in total. The van der Waals surface area contributed by atoms with Crippen molar-refractivity contribution in [2.75, 3.05) is 5.32 Å². The number of anilines is 1. The fourth-order valence-electron chi connectivity index (χ4n) is 2.48. The van der Waals surface area contributed by atoms with Crippen LogP contribution in [0, 0.1) is 0 Å². The van der Waals surface area contributed by atoms with Crippen LogP contribution in [-0.2, 0) is 6.54 Å². The highest BCUT2D eigenvalue weighted by Gasteiger charge is 2.19. The maximum Gasteiger partial charge on any atom is 0.281 e. The predicted octanol–water partition coefficient (Wildman–Crippen LogP) is 3.89. The quantitative estimate of drug-likeness (QED) is 0.566. The lowest BCUT2D eigenvalue weighted by Crippen LogP contribution is -2.17. The number of carbonyl (C=O) groups excluding carboxylic acids is 1. The van der Waals surface area contributed by atoms with Crippen LogP contribution in [0.1, 0.15) is 16.1 Å². The highest BCUT2D eigenvalue weighted by atomic mass is 35.5. The lowest BCUT2D eigenvalue weighted by atomic mass is 10.2. The second-order valence-electron chi connectivity index (χ2n) is 5.66. The third kappa shape index (κ3) is 3.73. The molecular weight excluding hydrogens is 366 g/mol. The molecule has 0 bridgehead atoms. The van der Waals surface area contributed by atoms with Gasteiger partial charge in [-0.15, -0.1) is 5.10 Å². The number of benzene rings is 1. The molecule has 0 aliphatic rings. The Balaban J connectivity index is 1.69. The molecular formula is C19H14ClN5O2. The number of pyridine rings is 1. The third-order valence-electron chi connectivity index (χ3n) is 3.81. The first kappa shape index (κ1) is 17.0. The molecule has 0 unspecified atom stereocenters. The monoisotopic (exact) mass is 379 g/mol. The van der Waals surface area contributed by atoms with E-state index < -0.39 is 0 Å². The van der Waals surface area contributed by atoms with Gasteiger partial charge in [-0.25, -0.2) is 0 Å². The molecule has 8 heteroatoms. The van der Waals surface area contributed by atoms with E-state index in [1.165, 1.54) is 4.68 Å². The molecule has 27 heavy (non-hydrogen) atoms. The Morgan fingerprint density at radius 3 is 2.70 bits per heavy atom. The molecule has 7 nitrogen and oxygen atoms in total. The number of rotatable bonds is 5. The number of nitrogens with one attached hydrogen (secondary N) is 1. The molecule has 0 atom stereocenters. The van der Waals surface area contributed by atoms with Gasteiger partial charge in [0.25, 0.3) is 5.91 Å². The highest BCUT2D eigenvalue weighted by Crippen LogP contribution is 2.19. The van der Waals surface area contributed by atoms with Crippen LogP contribution < -0.4 is 5.32 Å². The predicted molar refractivity (Wildman–Crippen MR) is 100 cm³/mol. The Bertz CT molecular complexity index is 1040. The summed E-state index contributed by atoms with van der Waals surface area (Å²) in [7, 11) is 0. The number of halogens is 1. The first-order valence-corrected chi connectivity index (χ1v) is 8.52. The minimum atomic E-state index is -0.323. The maximum atomic E-state index is 12.9. The summed E-state index contributed by atoms with van der Waals surface area (Å²) in [4.78, 5) is 21.5. The zero-order chi connectivity index (χ0) is 18.6. The van der Waals surface area contributed by atoms with Crippen molar-refractivity contribution >= 4 is 23.5 Å². The first-order valence-electron chi connectivity index (χ1n) is 8.15. The molecule has 0 fully saturated rings. The van der Waals surface area contributed by atoms with Crippen molar-refractivity contribution in [3.63, 3.8) is 0 Å². The number of furan rings is 1. The molecule has 0 radical (unpaired) electrons. The number of carbonyl (C=O) groups is 1. The third-order valence-corrected chi connectivity index (χ3v) is 4.06. The second-order valence-corrected chi connectivity index (χ2v) is 6.09. The van der Waals surface area contributed by atoms with E-state index in [0.29, 0.717) is 40.2 Å². The zero-order valence-electron chi connectivity index (χ0n) is 14.0. The van der Waals surface area contributed by atoms with E-state index in [2.05, 4.69) is 20.4 Å². The summed E-state index contributed by atoms with van der Waals surface area (Å²) in [5.74, 6) is 1.10. The molecule has 3 heterocycles. The van der Waals surface area contributed by atoms with Gasteiger partial charge in [-0.05, 0) is 48.5 Å². The van der Waals surface area contributed by atoms with E-state index in [9.17, 15) is 4.79 Å². The van der Waals surface area contributed by atoms with E-state index in [1.807, 2.05) is 12.1 Å². The second kappa shape index (κ2) is 7.43. The number of hydrogen-bond acceptors (Lipinski definition) is 6. The average Bonchev–Trinajstić information content (AvgIpc) is 3.37. The van der Waals surface area contributed by atoms with Crippen LogP contribution in [-0.4, -0.2) is 25.7 Å². The lowest BCUT2D eigenvalue weighted by Gasteiger charge is -2.06. The Hall–Kier alpha value is -3.45. The Kier molecular flexibility index (Phi) is 4.67. The number of aromatic nitrogens is 4. The van der Waals surface area contributed by atoms with Gasteiger partial charge in [-0.3, -0.25) is 9.78 Å². The molecule has 3 aromatic heterocycles. The van der Waals surface area contributed by atoms with Crippen molar-refractivity contribution in [3.05, 3.63) is 83.5 Å². The number of hydrogen-bond donors (Lipinski definition) is 1. The molecule has 1 aromatic carbocycles. The maximum absolute atomic E-state index is 12.9. The van der Waals surface area contributed by atoms with Crippen LogP contribution in [0.4, 0.5) is 5.95 Å². The van der Waals surface area contributed by atoms with Gasteiger partial charge in [0.2, 0.25) is 5.95 Å². The van der Waals surface area contributed by atoms with Crippen molar-refractivity contribution in [2.45, 2.75) is 6.54 Å². The standard InChI is InChI=1S/C19H14ClN5O2/c20-15-7-5-13(6-8-15)18(26)25-19(22-12-16-4-2-10-27-16)23-17(24-25)14-3-1-9-21-11-14/h1-11H,12H2,(H,22,23,24). The van der Waals surface area contributed by atoms with Crippen LogP contribution in [0.3, 0.4) is 0 Å². The largest absolute Gasteiger partial charge is 0.467 e. The summed E-state index contributed by atoms with van der Waals surface area (Å²) < 4.78 is 6.55. The Morgan fingerprint density at radius 1 is 1.15 bits per heavy atom. The molecule has 0 saturated heterocycles. The first-order chi connectivity index (χ1) is 13.2. The molecule has 0 spiro atoms. The van der Waals surface area contributed by atoms with Crippen LogP contribution in [0.2, 0.25) is 5.02 Å². The molecule has 0 aliphatic carbocycles. The van der Waals surface area contributed by atoms with E-state index in [4.69, 9.17) is 16.0 Å². The molecule has 134 valence electrons. The van der Waals surface area contributed by atoms with E-state index in [-0.39, 0.29) is 5.91 Å². The van der Waals surface area contributed by atoms with Crippen molar-refractivity contribution < 1.29 is 9.21 Å². The van der Waals surface area contributed by atoms with Gasteiger partial charge in [-0.1, -0.05) is 11.6 Å². The summed E-state index contributed by atoms with van der Waals surface area (Å²) in [5.41, 5.74) is 1.16. The van der Waals surface area contributed by atoms with Crippen molar-refractivity contribution in [3.8, 4) is 11.4 Å². The van der Waals surface area contributed by atoms with Gasteiger partial charge in [0.15, 0.2) is 5.82 Å². The van der Waals surface area contributed by atoms with Crippen molar-refractivity contribution in [2.24, 2.45) is 0 Å². The summed E-state index contributed by atoms with van der Waals surface area (Å²) in [6.07, 6.45) is 4.89. The van der Waals surface area contributed by atoms with E-state index >= 15 is 0 Å². The molecule has 0 saturated carbocycles. The van der Waals surface area contributed by atoms with Crippen molar-refractivity contribution in [1.82, 2.24) is 19.7 Å². The van der Waals surface area contributed by atoms with Gasteiger partial charge in [0.1, 0.15) is 5.76 Å².